The zero-order valence-corrected chi connectivity index (χ0v) is 19.3. The fourth-order valence-corrected chi connectivity index (χ4v) is 5.08. The summed E-state index contributed by atoms with van der Waals surface area (Å²) in [7, 11) is 0. The number of Topliss-reactive ketones (excluding diaryl/α,β-unsaturated/α-hetero) is 2. The van der Waals surface area contributed by atoms with Gasteiger partial charge in [0.05, 0.1) is 16.8 Å². The van der Waals surface area contributed by atoms with Gasteiger partial charge in [0, 0.05) is 22.7 Å². The maximum Gasteiger partial charge on any atom is 0.188 e. The number of phenols is 2. The normalized spacial score (nSPS) is 18.8. The molecule has 172 valence electrons. The largest absolute Gasteiger partial charge is 0.507 e. The number of aliphatic hydroxyl groups excluding tert-OH is 1. The van der Waals surface area contributed by atoms with Gasteiger partial charge in [-0.15, -0.1) is 11.3 Å². The lowest BCUT2D eigenvalue weighted by atomic mass is 9.71. The Morgan fingerprint density at radius 1 is 1.15 bits per heavy atom. The molecule has 0 bridgehead atoms. The number of anilines is 2. The highest BCUT2D eigenvalue weighted by molar-refractivity contribution is 7.14. The lowest BCUT2D eigenvalue weighted by molar-refractivity contribution is -0.123. The van der Waals surface area contributed by atoms with Gasteiger partial charge in [0.2, 0.25) is 0 Å². The Balaban J connectivity index is 1.68. The number of para-hydroxylation sites is 1. The highest BCUT2D eigenvalue weighted by Crippen LogP contribution is 2.60. The van der Waals surface area contributed by atoms with Crippen molar-refractivity contribution in [3.8, 4) is 28.5 Å². The first kappa shape index (κ1) is 21.7. The molecule has 2 heterocycles. The summed E-state index contributed by atoms with van der Waals surface area (Å²) in [6.45, 7) is 4.22. The molecule has 0 saturated heterocycles. The van der Waals surface area contributed by atoms with Crippen molar-refractivity contribution < 1.29 is 29.6 Å². The molecule has 0 unspecified atom stereocenters. The first-order chi connectivity index (χ1) is 16.1. The number of hydrogen-bond donors (Lipinski definition) is 4. The zero-order valence-electron chi connectivity index (χ0n) is 18.5. The van der Waals surface area contributed by atoms with Crippen LogP contribution < -0.4 is 10.1 Å². The minimum atomic E-state index is -1.55. The molecule has 1 aliphatic heterocycles. The first-order valence-corrected chi connectivity index (χ1v) is 11.3. The number of allylic oxidation sites excluding steroid dienone is 3. The number of ketones is 2. The summed E-state index contributed by atoms with van der Waals surface area (Å²) in [6, 6.07) is 9.45. The molecule has 2 aromatic carbocycles. The van der Waals surface area contributed by atoms with E-state index in [-0.39, 0.29) is 45.3 Å². The molecule has 5 rings (SSSR count). The molecule has 0 spiro atoms. The van der Waals surface area contributed by atoms with Crippen molar-refractivity contribution in [2.75, 3.05) is 5.32 Å². The lowest BCUT2D eigenvalue weighted by Crippen LogP contribution is -2.38. The Bertz CT molecular complexity index is 1450. The predicted molar refractivity (Wildman–Crippen MR) is 127 cm³/mol. The summed E-state index contributed by atoms with van der Waals surface area (Å²) in [5.41, 5.74) is -0.246. The standard InChI is InChI=1S/C25H20N2O6S/c1-11-20(30)18(14-10-34-24(27-14)26-13-7-5-4-6-8-13)22-19(21(11)31)25(3)16(33-22)9-15(29)17(12(2)28)23(25)32/h4-10,29-31H,1-3H3,(H,26,27)/t25-/m0/s1. The molecule has 0 saturated carbocycles. The van der Waals surface area contributed by atoms with E-state index in [2.05, 4.69) is 10.3 Å². The third-order valence-corrected chi connectivity index (χ3v) is 6.94. The highest BCUT2D eigenvalue weighted by Gasteiger charge is 2.55. The van der Waals surface area contributed by atoms with E-state index in [1.807, 2.05) is 30.3 Å². The van der Waals surface area contributed by atoms with E-state index in [1.165, 1.54) is 38.2 Å². The van der Waals surface area contributed by atoms with Crippen LogP contribution in [0.15, 0.2) is 58.9 Å². The maximum atomic E-state index is 13.4. The summed E-state index contributed by atoms with van der Waals surface area (Å²) in [5, 5.41) is 37.7. The van der Waals surface area contributed by atoms with E-state index in [9.17, 15) is 24.9 Å². The van der Waals surface area contributed by atoms with Crippen molar-refractivity contribution in [2.24, 2.45) is 0 Å². The molecule has 9 heteroatoms. The summed E-state index contributed by atoms with van der Waals surface area (Å²) < 4.78 is 5.97. The van der Waals surface area contributed by atoms with Gasteiger partial charge in [-0.05, 0) is 32.9 Å². The van der Waals surface area contributed by atoms with E-state index in [1.54, 1.807) is 5.38 Å². The van der Waals surface area contributed by atoms with Crippen LogP contribution in [-0.4, -0.2) is 31.9 Å². The van der Waals surface area contributed by atoms with E-state index in [0.29, 0.717) is 10.8 Å². The third-order valence-electron chi connectivity index (χ3n) is 6.19. The Hall–Kier alpha value is -4.11. The topological polar surface area (TPSA) is 129 Å². The smallest absolute Gasteiger partial charge is 0.188 e. The zero-order chi connectivity index (χ0) is 24.4. The molecule has 0 amide bonds. The number of nitrogens with zero attached hydrogens (tertiary/aromatic N) is 1. The number of ether oxygens (including phenoxy) is 1. The van der Waals surface area contributed by atoms with Gasteiger partial charge in [-0.2, -0.15) is 0 Å². The Morgan fingerprint density at radius 2 is 1.85 bits per heavy atom. The molecule has 2 aliphatic rings. The lowest BCUT2D eigenvalue weighted by Gasteiger charge is -2.28. The van der Waals surface area contributed by atoms with Crippen molar-refractivity contribution >= 4 is 33.7 Å². The molecule has 3 aromatic rings. The second-order valence-corrected chi connectivity index (χ2v) is 9.17. The summed E-state index contributed by atoms with van der Waals surface area (Å²) in [6.07, 6.45) is 1.21. The average molecular weight is 477 g/mol. The number of phenolic OH excluding ortho intramolecular Hbond substituents is 2. The highest BCUT2D eigenvalue weighted by atomic mass is 32.1. The molecule has 1 atom stereocenters. The van der Waals surface area contributed by atoms with E-state index >= 15 is 0 Å². The van der Waals surface area contributed by atoms with Gasteiger partial charge in [-0.25, -0.2) is 4.98 Å². The number of carbonyl (C=O) groups is 2. The van der Waals surface area contributed by atoms with Crippen LogP contribution in [0.4, 0.5) is 10.8 Å². The Morgan fingerprint density at radius 3 is 2.53 bits per heavy atom. The maximum absolute atomic E-state index is 13.4. The second kappa shape index (κ2) is 7.46. The number of benzene rings is 2. The second-order valence-electron chi connectivity index (χ2n) is 8.31. The quantitative estimate of drug-likeness (QED) is 0.396. The predicted octanol–water partition coefficient (Wildman–Crippen LogP) is 4.79. The Kier molecular flexibility index (Phi) is 4.76. The van der Waals surface area contributed by atoms with Crippen molar-refractivity contribution in [3.05, 3.63) is 70.0 Å². The number of aromatic hydroxyl groups is 2. The van der Waals surface area contributed by atoms with Crippen LogP contribution in [0.1, 0.15) is 25.0 Å². The number of thiazole rings is 1. The van der Waals surface area contributed by atoms with Gasteiger partial charge in [0.15, 0.2) is 16.7 Å². The van der Waals surface area contributed by atoms with Crippen molar-refractivity contribution in [1.82, 2.24) is 4.98 Å². The van der Waals surface area contributed by atoms with Gasteiger partial charge >= 0.3 is 0 Å². The molecular weight excluding hydrogens is 456 g/mol. The fourth-order valence-electron chi connectivity index (χ4n) is 4.36. The number of fused-ring (bicyclic) bond motifs is 3. The van der Waals surface area contributed by atoms with Crippen molar-refractivity contribution in [3.63, 3.8) is 0 Å². The summed E-state index contributed by atoms with van der Waals surface area (Å²) in [5.74, 6) is -2.25. The number of aromatic nitrogens is 1. The molecule has 0 fully saturated rings. The van der Waals surface area contributed by atoms with Gasteiger partial charge < -0.3 is 25.4 Å². The van der Waals surface area contributed by atoms with Crippen LogP contribution in [0.5, 0.6) is 17.2 Å². The SMILES string of the molecule is CC(=O)C1=C(O)C=C2Oc3c(-c4csc(Nc5ccccc5)n4)c(O)c(C)c(O)c3[C@@]2(C)C1=O. The van der Waals surface area contributed by atoms with Crippen LogP contribution in [0.2, 0.25) is 0 Å². The molecular formula is C25H20N2O6S. The van der Waals surface area contributed by atoms with Crippen molar-refractivity contribution in [1.29, 1.82) is 0 Å². The monoisotopic (exact) mass is 476 g/mol. The van der Waals surface area contributed by atoms with Gasteiger partial charge in [0.1, 0.15) is 39.8 Å². The van der Waals surface area contributed by atoms with Crippen LogP contribution >= 0.6 is 11.3 Å². The van der Waals surface area contributed by atoms with Crippen LogP contribution in [0, 0.1) is 6.92 Å². The minimum absolute atomic E-state index is 0.0504. The molecule has 8 nitrogen and oxygen atoms in total. The number of carbonyl (C=O) groups excluding carboxylic acids is 2. The first-order valence-electron chi connectivity index (χ1n) is 10.4. The van der Waals surface area contributed by atoms with Gasteiger partial charge in [-0.3, -0.25) is 9.59 Å². The Labute approximate surface area is 198 Å². The van der Waals surface area contributed by atoms with Crippen molar-refractivity contribution in [2.45, 2.75) is 26.2 Å². The van der Waals surface area contributed by atoms with Gasteiger partial charge in [-0.1, -0.05) is 18.2 Å². The number of aliphatic hydroxyl groups is 1. The molecule has 4 N–H and O–H groups in total. The average Bonchev–Trinajstić information content (AvgIpc) is 3.36. The minimum Gasteiger partial charge on any atom is -0.507 e. The molecule has 1 aromatic heterocycles. The van der Waals surface area contributed by atoms with Gasteiger partial charge in [0.25, 0.3) is 0 Å². The molecule has 34 heavy (non-hydrogen) atoms. The summed E-state index contributed by atoms with van der Waals surface area (Å²) >= 11 is 1.31. The summed E-state index contributed by atoms with van der Waals surface area (Å²) in [4.78, 5) is 30.0. The fraction of sp³-hybridized carbons (Fsp3) is 0.160. The number of nitrogens with one attached hydrogen (secondary N) is 1. The van der Waals surface area contributed by atoms with E-state index < -0.39 is 22.7 Å². The number of rotatable bonds is 4. The number of hydrogen-bond acceptors (Lipinski definition) is 9. The van der Waals surface area contributed by atoms with Crippen LogP contribution in [-0.2, 0) is 15.0 Å². The van der Waals surface area contributed by atoms with Crippen LogP contribution in [0.25, 0.3) is 11.3 Å². The molecule has 0 radical (unpaired) electrons. The van der Waals surface area contributed by atoms with E-state index in [0.717, 1.165) is 5.69 Å². The van der Waals surface area contributed by atoms with Crippen LogP contribution in [0.3, 0.4) is 0 Å². The van der Waals surface area contributed by atoms with E-state index in [4.69, 9.17) is 4.74 Å². The molecule has 1 aliphatic carbocycles. The third kappa shape index (κ3) is 2.94.